The average Bonchev–Trinajstić information content (AvgIpc) is 3.17. The minimum atomic E-state index is -0.222. The third-order valence-electron chi connectivity index (χ3n) is 7.50. The first-order valence-corrected chi connectivity index (χ1v) is 9.89. The first-order valence-electron chi connectivity index (χ1n) is 9.89. The van der Waals surface area contributed by atoms with Gasteiger partial charge in [0, 0.05) is 18.1 Å². The molecule has 0 aromatic heterocycles. The van der Waals surface area contributed by atoms with E-state index in [0.717, 1.165) is 0 Å². The van der Waals surface area contributed by atoms with Gasteiger partial charge in [0.05, 0.1) is 11.2 Å². The number of piperidine rings is 1. The average molecular weight is 341 g/mol. The number of rotatable bonds is 3. The van der Waals surface area contributed by atoms with E-state index in [9.17, 15) is 0 Å². The molecule has 4 rings (SSSR count). The summed E-state index contributed by atoms with van der Waals surface area (Å²) in [6.45, 7) is 13.4. The van der Waals surface area contributed by atoms with Gasteiger partial charge in [-0.25, -0.2) is 0 Å². The zero-order valence-electron chi connectivity index (χ0n) is 16.5. The van der Waals surface area contributed by atoms with Crippen molar-refractivity contribution in [3.05, 3.63) is 35.9 Å². The molecule has 3 nitrogen and oxygen atoms in total. The number of hydrogen-bond donors (Lipinski definition) is 0. The Kier molecular flexibility index (Phi) is 4.10. The lowest BCUT2D eigenvalue weighted by molar-refractivity contribution is 0.00578. The Morgan fingerprint density at radius 2 is 1.64 bits per heavy atom. The molecule has 4 heteroatoms. The van der Waals surface area contributed by atoms with Crippen LogP contribution >= 0.6 is 0 Å². The van der Waals surface area contributed by atoms with Gasteiger partial charge in [-0.3, -0.25) is 4.90 Å². The van der Waals surface area contributed by atoms with Crippen LogP contribution < -0.4 is 0 Å². The van der Waals surface area contributed by atoms with Crippen LogP contribution in [0.25, 0.3) is 0 Å². The first kappa shape index (κ1) is 17.6. The summed E-state index contributed by atoms with van der Waals surface area (Å²) in [5.74, 6) is 1.20. The Balaban J connectivity index is 1.49. The molecule has 3 aliphatic rings. The highest BCUT2D eigenvalue weighted by Gasteiger charge is 2.61. The number of likely N-dealkylation sites (tertiary alicyclic amines) is 1. The predicted octanol–water partition coefficient (Wildman–Crippen LogP) is 4.69. The molecule has 1 aromatic carbocycles. The summed E-state index contributed by atoms with van der Waals surface area (Å²) < 4.78 is 12.8. The fraction of sp³-hybridized carbons (Fsp3) is 0.714. The van der Waals surface area contributed by atoms with Crippen molar-refractivity contribution in [3.63, 3.8) is 0 Å². The van der Waals surface area contributed by atoms with Crippen LogP contribution in [0.15, 0.2) is 30.3 Å². The quantitative estimate of drug-likeness (QED) is 0.745. The lowest BCUT2D eigenvalue weighted by atomic mass is 9.63. The van der Waals surface area contributed by atoms with Crippen molar-refractivity contribution in [1.82, 2.24) is 4.90 Å². The van der Waals surface area contributed by atoms with Gasteiger partial charge in [-0.15, -0.1) is 0 Å². The molecular formula is C21H32BNO2. The molecule has 0 amide bonds. The van der Waals surface area contributed by atoms with Crippen LogP contribution in [0.2, 0.25) is 5.82 Å². The zero-order valence-corrected chi connectivity index (χ0v) is 16.5. The number of nitrogens with zero attached hydrogens (tertiary/aromatic N) is 1. The Bertz CT molecular complexity index is 614. The third kappa shape index (κ3) is 2.69. The molecule has 1 aliphatic carbocycles. The van der Waals surface area contributed by atoms with Crippen LogP contribution in [0.4, 0.5) is 0 Å². The Morgan fingerprint density at radius 1 is 1.04 bits per heavy atom. The number of hydrogen-bond acceptors (Lipinski definition) is 3. The molecule has 2 saturated heterocycles. The summed E-state index contributed by atoms with van der Waals surface area (Å²) >= 11 is 0. The van der Waals surface area contributed by atoms with Crippen LogP contribution in [0, 0.1) is 5.92 Å². The fourth-order valence-corrected chi connectivity index (χ4v) is 5.37. The van der Waals surface area contributed by atoms with E-state index >= 15 is 0 Å². The topological polar surface area (TPSA) is 21.7 Å². The second kappa shape index (κ2) is 5.83. The van der Waals surface area contributed by atoms with Gasteiger partial charge in [0.2, 0.25) is 0 Å². The molecule has 1 saturated carbocycles. The van der Waals surface area contributed by atoms with Gasteiger partial charge in [-0.1, -0.05) is 30.3 Å². The van der Waals surface area contributed by atoms with E-state index in [4.69, 9.17) is 9.31 Å². The maximum absolute atomic E-state index is 6.39. The maximum Gasteiger partial charge on any atom is 0.461 e. The first-order chi connectivity index (χ1) is 11.7. The van der Waals surface area contributed by atoms with Gasteiger partial charge < -0.3 is 9.31 Å². The van der Waals surface area contributed by atoms with Gasteiger partial charge in [0.25, 0.3) is 0 Å². The van der Waals surface area contributed by atoms with E-state index in [1.54, 1.807) is 0 Å². The molecule has 25 heavy (non-hydrogen) atoms. The Hall–Kier alpha value is -0.835. The van der Waals surface area contributed by atoms with Crippen LogP contribution in [0.5, 0.6) is 0 Å². The van der Waals surface area contributed by atoms with Crippen molar-refractivity contribution in [2.75, 3.05) is 0 Å². The highest BCUT2D eigenvalue weighted by molar-refractivity contribution is 6.47. The lowest BCUT2D eigenvalue weighted by Crippen LogP contribution is -2.45. The summed E-state index contributed by atoms with van der Waals surface area (Å²) in [7, 11) is -0.0448. The zero-order chi connectivity index (χ0) is 18.0. The molecule has 5 atom stereocenters. The third-order valence-corrected chi connectivity index (χ3v) is 7.50. The Labute approximate surface area is 153 Å². The second-order valence-corrected chi connectivity index (χ2v) is 9.35. The van der Waals surface area contributed by atoms with Gasteiger partial charge in [0.15, 0.2) is 0 Å². The largest absolute Gasteiger partial charge is 0.461 e. The van der Waals surface area contributed by atoms with Crippen molar-refractivity contribution < 1.29 is 9.31 Å². The van der Waals surface area contributed by atoms with E-state index in [0.29, 0.717) is 29.9 Å². The summed E-state index contributed by atoms with van der Waals surface area (Å²) in [5.41, 5.74) is 0.980. The van der Waals surface area contributed by atoms with E-state index in [1.165, 1.54) is 18.4 Å². The van der Waals surface area contributed by atoms with Crippen LogP contribution in [0.1, 0.15) is 66.0 Å². The van der Waals surface area contributed by atoms with E-state index in [1.807, 2.05) is 0 Å². The molecule has 2 heterocycles. The fourth-order valence-electron chi connectivity index (χ4n) is 5.37. The maximum atomic E-state index is 6.39. The van der Waals surface area contributed by atoms with Crippen LogP contribution in [-0.4, -0.2) is 35.3 Å². The number of benzene rings is 1. The smallest absolute Gasteiger partial charge is 0.403 e. The SMILES string of the molecule is C[C@@H](c1ccccc1)N1[C@@H]2C[C@@H]([C@@H](B3OC(C)(C)C(C)(C)O3)C2)[C@@H]1C. The van der Waals surface area contributed by atoms with Crippen molar-refractivity contribution in [2.24, 2.45) is 5.92 Å². The second-order valence-electron chi connectivity index (χ2n) is 9.35. The van der Waals surface area contributed by atoms with Crippen molar-refractivity contribution in [1.29, 1.82) is 0 Å². The highest BCUT2D eigenvalue weighted by atomic mass is 16.7. The molecule has 1 aromatic rings. The molecule has 0 radical (unpaired) electrons. The number of fused-ring (bicyclic) bond motifs is 2. The van der Waals surface area contributed by atoms with Crippen LogP contribution in [-0.2, 0) is 9.31 Å². The summed E-state index contributed by atoms with van der Waals surface area (Å²) in [4.78, 5) is 2.74. The highest BCUT2D eigenvalue weighted by Crippen LogP contribution is 2.56. The van der Waals surface area contributed by atoms with E-state index < -0.39 is 0 Å². The molecule has 3 fully saturated rings. The van der Waals surface area contributed by atoms with Crippen molar-refractivity contribution in [2.45, 2.75) is 89.5 Å². The van der Waals surface area contributed by atoms with Crippen molar-refractivity contribution >= 4 is 7.12 Å². The van der Waals surface area contributed by atoms with Crippen molar-refractivity contribution in [3.8, 4) is 0 Å². The summed E-state index contributed by atoms with van der Waals surface area (Å²) in [6, 6.07) is 12.6. The molecule has 0 N–H and O–H groups in total. The molecular weight excluding hydrogens is 309 g/mol. The summed E-state index contributed by atoms with van der Waals surface area (Å²) in [5, 5.41) is 0. The van der Waals surface area contributed by atoms with E-state index in [2.05, 4.69) is 76.8 Å². The monoisotopic (exact) mass is 341 g/mol. The molecule has 136 valence electrons. The van der Waals surface area contributed by atoms with Gasteiger partial charge in [0.1, 0.15) is 0 Å². The Morgan fingerprint density at radius 3 is 2.20 bits per heavy atom. The minimum absolute atomic E-state index is 0.0448. The van der Waals surface area contributed by atoms with Gasteiger partial charge in [-0.05, 0) is 71.7 Å². The predicted molar refractivity (Wildman–Crippen MR) is 103 cm³/mol. The lowest BCUT2D eigenvalue weighted by Gasteiger charge is -2.41. The molecule has 2 aliphatic heterocycles. The van der Waals surface area contributed by atoms with Crippen LogP contribution in [0.3, 0.4) is 0 Å². The molecule has 0 spiro atoms. The normalized spacial score (nSPS) is 37.6. The van der Waals surface area contributed by atoms with Gasteiger partial charge >= 0.3 is 7.12 Å². The van der Waals surface area contributed by atoms with Gasteiger partial charge in [-0.2, -0.15) is 0 Å². The summed E-state index contributed by atoms with van der Waals surface area (Å²) in [6.07, 6.45) is 2.48. The molecule has 2 bridgehead atoms. The molecule has 0 unspecified atom stereocenters. The standard InChI is InChI=1S/C21H32BNO2/c1-14(16-10-8-7-9-11-16)23-15(2)18-12-17(23)13-19(18)22-24-20(3,4)21(5,6)25-22/h7-11,14-15,17-19H,12-13H2,1-6H3/t14-,15-,17+,18+,19-/m0/s1. The van der Waals surface area contributed by atoms with E-state index in [-0.39, 0.29) is 18.3 Å². The minimum Gasteiger partial charge on any atom is -0.403 e.